The third-order valence-electron chi connectivity index (χ3n) is 1.76. The van der Waals surface area contributed by atoms with Crippen LogP contribution in [0.3, 0.4) is 0 Å². The van der Waals surface area contributed by atoms with Crippen molar-refractivity contribution in [1.82, 2.24) is 5.32 Å². The van der Waals surface area contributed by atoms with Crippen molar-refractivity contribution < 1.29 is 9.59 Å². The SMILES string of the molecule is CNC(=O)c1cc(N)cc(NC(C)=O)c1. The van der Waals surface area contributed by atoms with E-state index in [1.54, 1.807) is 18.2 Å². The molecule has 0 spiro atoms. The molecule has 0 unspecified atom stereocenters. The molecule has 0 radical (unpaired) electrons. The monoisotopic (exact) mass is 207 g/mol. The molecule has 5 heteroatoms. The number of carbonyl (C=O) groups is 2. The van der Waals surface area contributed by atoms with Crippen LogP contribution in [0.5, 0.6) is 0 Å². The molecular weight excluding hydrogens is 194 g/mol. The summed E-state index contributed by atoms with van der Waals surface area (Å²) in [5, 5.41) is 5.05. The fourth-order valence-corrected chi connectivity index (χ4v) is 1.20. The minimum Gasteiger partial charge on any atom is -0.399 e. The molecule has 0 aliphatic rings. The Morgan fingerprint density at radius 1 is 1.27 bits per heavy atom. The van der Waals surface area contributed by atoms with E-state index < -0.39 is 0 Å². The Morgan fingerprint density at radius 3 is 2.47 bits per heavy atom. The molecule has 0 atom stereocenters. The highest BCUT2D eigenvalue weighted by Gasteiger charge is 2.06. The largest absolute Gasteiger partial charge is 0.399 e. The van der Waals surface area contributed by atoms with Crippen LogP contribution in [0.25, 0.3) is 0 Å². The Kier molecular flexibility index (Phi) is 3.28. The Labute approximate surface area is 87.7 Å². The lowest BCUT2D eigenvalue weighted by molar-refractivity contribution is -0.114. The Morgan fingerprint density at radius 2 is 1.93 bits per heavy atom. The molecule has 80 valence electrons. The first-order valence-corrected chi connectivity index (χ1v) is 4.43. The first-order valence-electron chi connectivity index (χ1n) is 4.43. The molecule has 0 saturated heterocycles. The van der Waals surface area contributed by atoms with Crippen LogP contribution >= 0.6 is 0 Å². The summed E-state index contributed by atoms with van der Waals surface area (Å²) in [5.41, 5.74) is 6.96. The van der Waals surface area contributed by atoms with E-state index in [1.165, 1.54) is 14.0 Å². The molecule has 5 nitrogen and oxygen atoms in total. The van der Waals surface area contributed by atoms with Gasteiger partial charge in [-0.05, 0) is 18.2 Å². The summed E-state index contributed by atoms with van der Waals surface area (Å²) < 4.78 is 0. The number of carbonyl (C=O) groups excluding carboxylic acids is 2. The van der Waals surface area contributed by atoms with Gasteiger partial charge in [0.2, 0.25) is 5.91 Å². The fourth-order valence-electron chi connectivity index (χ4n) is 1.20. The highest BCUT2D eigenvalue weighted by molar-refractivity contribution is 5.97. The van der Waals surface area contributed by atoms with E-state index >= 15 is 0 Å². The van der Waals surface area contributed by atoms with Gasteiger partial charge in [-0.3, -0.25) is 9.59 Å². The van der Waals surface area contributed by atoms with Crippen molar-refractivity contribution in [2.75, 3.05) is 18.1 Å². The van der Waals surface area contributed by atoms with Crippen molar-refractivity contribution >= 4 is 23.2 Å². The Hall–Kier alpha value is -2.04. The number of amides is 2. The predicted octanol–water partition coefficient (Wildman–Crippen LogP) is 0.587. The van der Waals surface area contributed by atoms with Gasteiger partial charge in [-0.25, -0.2) is 0 Å². The average Bonchev–Trinajstić information content (AvgIpc) is 2.14. The van der Waals surface area contributed by atoms with Crippen molar-refractivity contribution in [2.24, 2.45) is 0 Å². The zero-order chi connectivity index (χ0) is 11.4. The van der Waals surface area contributed by atoms with Crippen LogP contribution in [-0.4, -0.2) is 18.9 Å². The van der Waals surface area contributed by atoms with E-state index in [0.717, 1.165) is 0 Å². The topological polar surface area (TPSA) is 84.2 Å². The number of rotatable bonds is 2. The molecule has 1 rings (SSSR count). The van der Waals surface area contributed by atoms with Gasteiger partial charge in [-0.1, -0.05) is 0 Å². The van der Waals surface area contributed by atoms with Gasteiger partial charge in [-0.2, -0.15) is 0 Å². The van der Waals surface area contributed by atoms with Crippen molar-refractivity contribution in [2.45, 2.75) is 6.92 Å². The number of nitrogens with two attached hydrogens (primary N) is 1. The van der Waals surface area contributed by atoms with E-state index in [0.29, 0.717) is 16.9 Å². The number of benzene rings is 1. The lowest BCUT2D eigenvalue weighted by Gasteiger charge is -2.06. The van der Waals surface area contributed by atoms with Crippen LogP contribution in [0.15, 0.2) is 18.2 Å². The van der Waals surface area contributed by atoms with Gasteiger partial charge < -0.3 is 16.4 Å². The molecular formula is C10H13N3O2. The van der Waals surface area contributed by atoms with Crippen LogP contribution in [0.2, 0.25) is 0 Å². The number of anilines is 2. The minimum absolute atomic E-state index is 0.205. The van der Waals surface area contributed by atoms with E-state index in [1.807, 2.05) is 0 Å². The van der Waals surface area contributed by atoms with Crippen LogP contribution < -0.4 is 16.4 Å². The summed E-state index contributed by atoms with van der Waals surface area (Å²) in [5.74, 6) is -0.447. The molecule has 0 heterocycles. The van der Waals surface area contributed by atoms with Gasteiger partial charge in [0.1, 0.15) is 0 Å². The predicted molar refractivity (Wildman–Crippen MR) is 58.5 cm³/mol. The van der Waals surface area contributed by atoms with Gasteiger partial charge in [-0.15, -0.1) is 0 Å². The highest BCUT2D eigenvalue weighted by Crippen LogP contribution is 2.16. The van der Waals surface area contributed by atoms with Crippen molar-refractivity contribution in [3.63, 3.8) is 0 Å². The molecule has 0 saturated carbocycles. The molecule has 15 heavy (non-hydrogen) atoms. The summed E-state index contributed by atoms with van der Waals surface area (Å²) in [7, 11) is 1.53. The van der Waals surface area contributed by atoms with Crippen molar-refractivity contribution in [3.8, 4) is 0 Å². The number of nitrogen functional groups attached to an aromatic ring is 1. The minimum atomic E-state index is -0.242. The first-order chi connectivity index (χ1) is 7.02. The average molecular weight is 207 g/mol. The van der Waals surface area contributed by atoms with Gasteiger partial charge in [0.05, 0.1) is 0 Å². The summed E-state index contributed by atoms with van der Waals surface area (Å²) in [6.45, 7) is 1.39. The number of nitrogens with one attached hydrogen (secondary N) is 2. The van der Waals surface area contributed by atoms with Gasteiger partial charge >= 0.3 is 0 Å². The maximum atomic E-state index is 11.3. The summed E-state index contributed by atoms with van der Waals surface area (Å²) in [4.78, 5) is 22.1. The fraction of sp³-hybridized carbons (Fsp3) is 0.200. The maximum absolute atomic E-state index is 11.3. The molecule has 0 bridgehead atoms. The molecule has 0 aliphatic heterocycles. The molecule has 0 aromatic heterocycles. The summed E-state index contributed by atoms with van der Waals surface area (Å²) >= 11 is 0. The Balaban J connectivity index is 3.04. The lowest BCUT2D eigenvalue weighted by atomic mass is 10.1. The van der Waals surface area contributed by atoms with E-state index in [-0.39, 0.29) is 11.8 Å². The lowest BCUT2D eigenvalue weighted by Crippen LogP contribution is -2.18. The quantitative estimate of drug-likeness (QED) is 0.620. The normalized spacial score (nSPS) is 9.47. The van der Waals surface area contributed by atoms with E-state index in [4.69, 9.17) is 5.73 Å². The molecule has 0 aliphatic carbocycles. The third-order valence-corrected chi connectivity index (χ3v) is 1.76. The van der Waals surface area contributed by atoms with Crippen LogP contribution in [-0.2, 0) is 4.79 Å². The third kappa shape index (κ3) is 2.98. The smallest absolute Gasteiger partial charge is 0.251 e. The molecule has 4 N–H and O–H groups in total. The molecule has 1 aromatic carbocycles. The standard InChI is InChI=1S/C10H13N3O2/c1-6(14)13-9-4-7(10(15)12-2)3-8(11)5-9/h3-5H,11H2,1-2H3,(H,12,15)(H,13,14). The second-order valence-electron chi connectivity index (χ2n) is 3.10. The number of hydrogen-bond acceptors (Lipinski definition) is 3. The molecule has 0 fully saturated rings. The van der Waals surface area contributed by atoms with E-state index in [9.17, 15) is 9.59 Å². The highest BCUT2D eigenvalue weighted by atomic mass is 16.2. The van der Waals surface area contributed by atoms with Gasteiger partial charge in [0, 0.05) is 30.9 Å². The number of hydrogen-bond donors (Lipinski definition) is 3. The molecule has 2 amide bonds. The summed E-state index contributed by atoms with van der Waals surface area (Å²) in [6.07, 6.45) is 0. The van der Waals surface area contributed by atoms with Crippen molar-refractivity contribution in [1.29, 1.82) is 0 Å². The van der Waals surface area contributed by atoms with Crippen molar-refractivity contribution in [3.05, 3.63) is 23.8 Å². The van der Waals surface area contributed by atoms with Crippen LogP contribution in [0, 0.1) is 0 Å². The molecule has 1 aromatic rings. The second-order valence-corrected chi connectivity index (χ2v) is 3.10. The Bertz CT molecular complexity index is 402. The zero-order valence-corrected chi connectivity index (χ0v) is 8.63. The zero-order valence-electron chi connectivity index (χ0n) is 8.63. The maximum Gasteiger partial charge on any atom is 0.251 e. The summed E-state index contributed by atoms with van der Waals surface area (Å²) in [6, 6.07) is 4.70. The van der Waals surface area contributed by atoms with E-state index in [2.05, 4.69) is 10.6 Å². The van der Waals surface area contributed by atoms with Crippen LogP contribution in [0.1, 0.15) is 17.3 Å². The first kappa shape index (κ1) is 11.0. The van der Waals surface area contributed by atoms with Crippen LogP contribution in [0.4, 0.5) is 11.4 Å². The van der Waals surface area contributed by atoms with Gasteiger partial charge in [0.15, 0.2) is 0 Å². The second kappa shape index (κ2) is 4.45. The van der Waals surface area contributed by atoms with Gasteiger partial charge in [0.25, 0.3) is 5.91 Å².